The summed E-state index contributed by atoms with van der Waals surface area (Å²) in [7, 11) is 0. The first-order valence-corrected chi connectivity index (χ1v) is 7.23. The highest BCUT2D eigenvalue weighted by molar-refractivity contribution is 8.13. The number of carbonyl (C=O) groups excluding carboxylic acids is 1. The molecule has 19 heavy (non-hydrogen) atoms. The Kier molecular flexibility index (Phi) is 4.93. The van der Waals surface area contributed by atoms with E-state index in [1.165, 1.54) is 18.1 Å². The van der Waals surface area contributed by atoms with Gasteiger partial charge < -0.3 is 0 Å². The average Bonchev–Trinajstić information content (AvgIpc) is 2.38. The lowest BCUT2D eigenvalue weighted by Crippen LogP contribution is -1.85. The lowest BCUT2D eigenvalue weighted by molar-refractivity contribution is -0.109. The third-order valence-corrected chi connectivity index (χ3v) is 3.66. The molecule has 0 aliphatic carbocycles. The summed E-state index contributed by atoms with van der Waals surface area (Å²) in [5, 5.41) is 1.48. The Morgan fingerprint density at radius 3 is 3.05 bits per heavy atom. The number of aromatic nitrogens is 2. The van der Waals surface area contributed by atoms with Crippen LogP contribution in [0.4, 0.5) is 0 Å². The van der Waals surface area contributed by atoms with E-state index in [1.807, 2.05) is 24.3 Å². The van der Waals surface area contributed by atoms with Crippen molar-refractivity contribution in [1.29, 1.82) is 0 Å². The quantitative estimate of drug-likeness (QED) is 0.632. The van der Waals surface area contributed by atoms with E-state index in [1.54, 1.807) is 6.92 Å². The molecule has 0 atom stereocenters. The second kappa shape index (κ2) is 6.68. The average molecular weight is 293 g/mol. The van der Waals surface area contributed by atoms with Gasteiger partial charge in [-0.15, -0.1) is 0 Å². The standard InChI is InChI=1S/C14H13ClN2OS/c1-10(18)19-7-3-2-4-11-5-6-12-13(8-11)16-9-17-14(12)15/h2,4-6,8-9H,3,7H2,1H3. The summed E-state index contributed by atoms with van der Waals surface area (Å²) in [6, 6.07) is 5.87. The molecule has 0 unspecified atom stereocenters. The van der Waals surface area contributed by atoms with Gasteiger partial charge >= 0.3 is 0 Å². The number of allylic oxidation sites excluding steroid dienone is 1. The minimum atomic E-state index is 0.158. The van der Waals surface area contributed by atoms with Gasteiger partial charge in [0, 0.05) is 18.1 Å². The fourth-order valence-electron chi connectivity index (χ4n) is 1.64. The van der Waals surface area contributed by atoms with Gasteiger partial charge in [-0.2, -0.15) is 0 Å². The maximum atomic E-state index is 10.8. The fraction of sp³-hybridized carbons (Fsp3) is 0.214. The molecule has 0 aliphatic rings. The van der Waals surface area contributed by atoms with Crippen molar-refractivity contribution in [3.8, 4) is 0 Å². The van der Waals surface area contributed by atoms with Gasteiger partial charge in [-0.3, -0.25) is 4.79 Å². The van der Waals surface area contributed by atoms with Crippen molar-refractivity contribution < 1.29 is 4.79 Å². The van der Waals surface area contributed by atoms with Gasteiger partial charge in [0.25, 0.3) is 0 Å². The summed E-state index contributed by atoms with van der Waals surface area (Å²) in [4.78, 5) is 18.9. The van der Waals surface area contributed by atoms with Crippen LogP contribution >= 0.6 is 23.4 Å². The molecule has 0 saturated heterocycles. The highest BCUT2D eigenvalue weighted by Gasteiger charge is 2.00. The molecule has 0 radical (unpaired) electrons. The molecule has 98 valence electrons. The SMILES string of the molecule is CC(=O)SCCC=Cc1ccc2c(Cl)ncnc2c1. The zero-order chi connectivity index (χ0) is 13.7. The summed E-state index contributed by atoms with van der Waals surface area (Å²) in [5.41, 5.74) is 1.90. The summed E-state index contributed by atoms with van der Waals surface area (Å²) < 4.78 is 0. The third-order valence-electron chi connectivity index (χ3n) is 2.51. The predicted octanol–water partition coefficient (Wildman–Crippen LogP) is 3.97. The minimum absolute atomic E-state index is 0.158. The fourth-order valence-corrected chi connectivity index (χ4v) is 2.38. The number of hydrogen-bond donors (Lipinski definition) is 0. The molecule has 2 rings (SSSR count). The third kappa shape index (κ3) is 4.04. The van der Waals surface area contributed by atoms with Gasteiger partial charge in [0.05, 0.1) is 5.52 Å². The van der Waals surface area contributed by atoms with Crippen LogP contribution < -0.4 is 0 Å². The number of nitrogens with zero attached hydrogens (tertiary/aromatic N) is 2. The summed E-state index contributed by atoms with van der Waals surface area (Å²) in [6.07, 6.45) is 6.41. The van der Waals surface area contributed by atoms with Crippen LogP contribution in [0, 0.1) is 0 Å². The van der Waals surface area contributed by atoms with Crippen LogP contribution in [0.2, 0.25) is 5.15 Å². The van der Waals surface area contributed by atoms with Gasteiger partial charge in [-0.1, -0.05) is 41.6 Å². The van der Waals surface area contributed by atoms with Crippen molar-refractivity contribution in [2.75, 3.05) is 5.75 Å². The number of fused-ring (bicyclic) bond motifs is 1. The van der Waals surface area contributed by atoms with E-state index >= 15 is 0 Å². The maximum absolute atomic E-state index is 10.8. The number of hydrogen-bond acceptors (Lipinski definition) is 4. The van der Waals surface area contributed by atoms with E-state index in [9.17, 15) is 4.79 Å². The number of rotatable bonds is 4. The Balaban J connectivity index is 2.05. The Morgan fingerprint density at radius 2 is 2.26 bits per heavy atom. The number of thioether (sulfide) groups is 1. The zero-order valence-corrected chi connectivity index (χ0v) is 12.0. The first-order chi connectivity index (χ1) is 9.16. The Hall–Kier alpha value is -1.39. The van der Waals surface area contributed by atoms with Gasteiger partial charge in [-0.25, -0.2) is 9.97 Å². The number of benzene rings is 1. The molecular formula is C14H13ClN2OS. The van der Waals surface area contributed by atoms with Crippen LogP contribution in [-0.4, -0.2) is 20.8 Å². The molecule has 1 aromatic carbocycles. The molecule has 1 aromatic heterocycles. The van der Waals surface area contributed by atoms with Crippen molar-refractivity contribution >= 4 is 45.5 Å². The predicted molar refractivity (Wildman–Crippen MR) is 81.3 cm³/mol. The number of halogens is 1. The summed E-state index contributed by atoms with van der Waals surface area (Å²) in [6.45, 7) is 1.58. The Labute approximate surface area is 121 Å². The maximum Gasteiger partial charge on any atom is 0.185 e. The van der Waals surface area contributed by atoms with E-state index in [-0.39, 0.29) is 5.12 Å². The van der Waals surface area contributed by atoms with E-state index in [0.717, 1.165) is 28.6 Å². The summed E-state index contributed by atoms with van der Waals surface area (Å²) >= 11 is 7.32. The van der Waals surface area contributed by atoms with Crippen LogP contribution in [0.25, 0.3) is 17.0 Å². The highest BCUT2D eigenvalue weighted by atomic mass is 35.5. The molecule has 3 nitrogen and oxygen atoms in total. The first kappa shape index (κ1) is 14.0. The van der Waals surface area contributed by atoms with Crippen LogP contribution in [0.15, 0.2) is 30.6 Å². The normalized spacial score (nSPS) is 11.3. The van der Waals surface area contributed by atoms with Gasteiger partial charge in [0.2, 0.25) is 0 Å². The van der Waals surface area contributed by atoms with Gasteiger partial charge in [0.1, 0.15) is 11.5 Å². The minimum Gasteiger partial charge on any atom is -0.288 e. The van der Waals surface area contributed by atoms with Crippen molar-refractivity contribution in [2.24, 2.45) is 0 Å². The van der Waals surface area contributed by atoms with E-state index in [4.69, 9.17) is 11.6 Å². The second-order valence-corrected chi connectivity index (χ2v) is 5.60. The monoisotopic (exact) mass is 292 g/mol. The summed E-state index contributed by atoms with van der Waals surface area (Å²) in [5.74, 6) is 0.813. The van der Waals surface area contributed by atoms with Crippen molar-refractivity contribution in [3.63, 3.8) is 0 Å². The molecule has 1 heterocycles. The molecular weight excluding hydrogens is 280 g/mol. The molecule has 0 bridgehead atoms. The van der Waals surface area contributed by atoms with E-state index in [0.29, 0.717) is 5.15 Å². The molecule has 0 N–H and O–H groups in total. The first-order valence-electron chi connectivity index (χ1n) is 5.87. The van der Waals surface area contributed by atoms with Gasteiger partial charge in [0.15, 0.2) is 5.12 Å². The zero-order valence-electron chi connectivity index (χ0n) is 10.5. The van der Waals surface area contributed by atoms with Gasteiger partial charge in [-0.05, 0) is 24.1 Å². The molecule has 5 heteroatoms. The van der Waals surface area contributed by atoms with Crippen LogP contribution in [0.5, 0.6) is 0 Å². The molecule has 0 aliphatic heterocycles. The number of carbonyl (C=O) groups is 1. The van der Waals surface area contributed by atoms with Crippen molar-refractivity contribution in [3.05, 3.63) is 41.3 Å². The molecule has 2 aromatic rings. The van der Waals surface area contributed by atoms with Crippen LogP contribution in [0.3, 0.4) is 0 Å². The van der Waals surface area contributed by atoms with E-state index < -0.39 is 0 Å². The van der Waals surface area contributed by atoms with E-state index in [2.05, 4.69) is 16.0 Å². The molecule has 0 fully saturated rings. The molecule has 0 saturated carbocycles. The van der Waals surface area contributed by atoms with Crippen molar-refractivity contribution in [2.45, 2.75) is 13.3 Å². The molecule has 0 amide bonds. The van der Waals surface area contributed by atoms with Crippen LogP contribution in [0.1, 0.15) is 18.9 Å². The lowest BCUT2D eigenvalue weighted by atomic mass is 10.1. The Bertz CT molecular complexity index is 628. The Morgan fingerprint density at radius 1 is 1.42 bits per heavy atom. The lowest BCUT2D eigenvalue weighted by Gasteiger charge is -2.00. The second-order valence-electron chi connectivity index (χ2n) is 3.97. The smallest absolute Gasteiger partial charge is 0.185 e. The highest BCUT2D eigenvalue weighted by Crippen LogP contribution is 2.20. The van der Waals surface area contributed by atoms with Crippen LogP contribution in [-0.2, 0) is 4.79 Å². The van der Waals surface area contributed by atoms with Crippen molar-refractivity contribution in [1.82, 2.24) is 9.97 Å². The molecule has 0 spiro atoms. The largest absolute Gasteiger partial charge is 0.288 e. The topological polar surface area (TPSA) is 42.9 Å².